The quantitative estimate of drug-likeness (QED) is 0.158. The maximum atomic E-state index is 12.5. The Labute approximate surface area is 293 Å². The smallest absolute Gasteiger partial charge is 0.282 e. The van der Waals surface area contributed by atoms with Gasteiger partial charge in [0.05, 0.1) is 42.4 Å². The SMILES string of the molecule is NS(=O)(=O)c1ccc2c(c1)OCCCO2.O=Cc1cc2ccccc2o1.O=S(=O)(N=Cc1cc2ccccc2o1)c1ccc2c(c1)OCCCO2. The van der Waals surface area contributed by atoms with E-state index >= 15 is 0 Å². The molecule has 6 aromatic rings. The van der Waals surface area contributed by atoms with Gasteiger partial charge in [0.25, 0.3) is 10.0 Å². The Morgan fingerprint density at radius 3 is 1.57 bits per heavy atom. The van der Waals surface area contributed by atoms with Crippen LogP contribution in [0.3, 0.4) is 0 Å². The third-order valence-electron chi connectivity index (χ3n) is 7.39. The molecule has 2 N–H and O–H groups in total. The molecule has 51 heavy (non-hydrogen) atoms. The number of furan rings is 2. The van der Waals surface area contributed by atoms with Crippen molar-refractivity contribution in [3.8, 4) is 23.0 Å². The van der Waals surface area contributed by atoms with Gasteiger partial charge >= 0.3 is 0 Å². The van der Waals surface area contributed by atoms with E-state index in [2.05, 4.69) is 4.40 Å². The van der Waals surface area contributed by atoms with Crippen LogP contribution in [0.15, 0.2) is 120 Å². The van der Waals surface area contributed by atoms with Crippen molar-refractivity contribution in [2.45, 2.75) is 22.6 Å². The van der Waals surface area contributed by atoms with Gasteiger partial charge in [-0.2, -0.15) is 12.8 Å². The Bertz CT molecular complexity index is 2350. The highest BCUT2D eigenvalue weighted by Gasteiger charge is 2.18. The average Bonchev–Trinajstić information content (AvgIpc) is 3.57. The van der Waals surface area contributed by atoms with Gasteiger partial charge in [-0.05, 0) is 48.5 Å². The molecule has 0 fully saturated rings. The second kappa shape index (κ2) is 15.5. The molecule has 0 atom stereocenters. The van der Waals surface area contributed by atoms with Crippen LogP contribution in [0.1, 0.15) is 29.2 Å². The molecule has 4 heterocycles. The molecule has 0 radical (unpaired) electrons. The predicted octanol–water partition coefficient (Wildman–Crippen LogP) is 6.14. The van der Waals surface area contributed by atoms with Gasteiger partial charge in [-0.25, -0.2) is 13.6 Å². The van der Waals surface area contributed by atoms with E-state index < -0.39 is 20.0 Å². The van der Waals surface area contributed by atoms with Gasteiger partial charge in [0, 0.05) is 35.7 Å². The lowest BCUT2D eigenvalue weighted by Crippen LogP contribution is -2.12. The summed E-state index contributed by atoms with van der Waals surface area (Å²) in [4.78, 5) is 10.4. The van der Waals surface area contributed by atoms with Gasteiger partial charge in [0.2, 0.25) is 10.0 Å². The number of carbonyl (C=O) groups is 1. The zero-order valence-corrected chi connectivity index (χ0v) is 28.6. The van der Waals surface area contributed by atoms with Crippen molar-refractivity contribution >= 4 is 54.5 Å². The maximum absolute atomic E-state index is 12.5. The fourth-order valence-electron chi connectivity index (χ4n) is 4.93. The molecule has 15 heteroatoms. The highest BCUT2D eigenvalue weighted by atomic mass is 32.2. The molecule has 2 aromatic heterocycles. The van der Waals surface area contributed by atoms with Crippen LogP contribution in [-0.2, 0) is 20.0 Å². The van der Waals surface area contributed by atoms with Crippen molar-refractivity contribution in [2.24, 2.45) is 9.54 Å². The van der Waals surface area contributed by atoms with Crippen molar-refractivity contribution in [1.29, 1.82) is 0 Å². The van der Waals surface area contributed by atoms with Crippen molar-refractivity contribution in [2.75, 3.05) is 26.4 Å². The van der Waals surface area contributed by atoms with E-state index in [1.54, 1.807) is 24.3 Å². The number of benzene rings is 4. The average molecular weight is 733 g/mol. The van der Waals surface area contributed by atoms with E-state index in [1.807, 2.05) is 48.5 Å². The van der Waals surface area contributed by atoms with E-state index in [0.717, 1.165) is 29.2 Å². The number of fused-ring (bicyclic) bond motifs is 4. The molecule has 13 nitrogen and oxygen atoms in total. The molecule has 0 bridgehead atoms. The first kappa shape index (κ1) is 35.2. The molecule has 0 amide bonds. The van der Waals surface area contributed by atoms with E-state index in [-0.39, 0.29) is 9.79 Å². The number of carbonyl (C=O) groups excluding carboxylic acids is 1. The van der Waals surface area contributed by atoms with Gasteiger partial charge in [0.15, 0.2) is 35.0 Å². The van der Waals surface area contributed by atoms with E-state index in [4.69, 9.17) is 32.9 Å². The molecule has 4 aromatic carbocycles. The first-order valence-electron chi connectivity index (χ1n) is 15.6. The highest BCUT2D eigenvalue weighted by molar-refractivity contribution is 7.90. The van der Waals surface area contributed by atoms with E-state index in [9.17, 15) is 21.6 Å². The molecule has 0 unspecified atom stereocenters. The maximum Gasteiger partial charge on any atom is 0.282 e. The lowest BCUT2D eigenvalue weighted by Gasteiger charge is -2.08. The summed E-state index contributed by atoms with van der Waals surface area (Å²) in [6.45, 7) is 2.12. The largest absolute Gasteiger partial charge is 0.490 e. The normalized spacial score (nSPS) is 14.1. The summed E-state index contributed by atoms with van der Waals surface area (Å²) in [7, 11) is -7.55. The molecule has 264 valence electrons. The van der Waals surface area contributed by atoms with E-state index in [0.29, 0.717) is 72.8 Å². The van der Waals surface area contributed by atoms with Crippen LogP contribution in [-0.4, -0.2) is 55.8 Å². The first-order valence-corrected chi connectivity index (χ1v) is 18.6. The summed E-state index contributed by atoms with van der Waals surface area (Å²) in [5.41, 5.74) is 1.44. The topological polar surface area (TPSA) is 187 Å². The predicted molar refractivity (Wildman–Crippen MR) is 188 cm³/mol. The molecule has 2 aliphatic heterocycles. The Kier molecular flexibility index (Phi) is 10.7. The van der Waals surface area contributed by atoms with Crippen molar-refractivity contribution in [1.82, 2.24) is 0 Å². The second-order valence-corrected chi connectivity index (χ2v) is 14.3. The minimum atomic E-state index is -3.87. The monoisotopic (exact) mass is 732 g/mol. The summed E-state index contributed by atoms with van der Waals surface area (Å²) < 4.78 is 83.2. The number of primary sulfonamides is 1. The number of rotatable bonds is 5. The van der Waals surface area contributed by atoms with Crippen LogP contribution in [0.25, 0.3) is 21.9 Å². The van der Waals surface area contributed by atoms with Crippen molar-refractivity contribution in [3.63, 3.8) is 0 Å². The second-order valence-electron chi connectivity index (χ2n) is 11.1. The van der Waals surface area contributed by atoms with Gasteiger partial charge in [0.1, 0.15) is 16.9 Å². The van der Waals surface area contributed by atoms with Gasteiger partial charge in [-0.15, -0.1) is 0 Å². The Morgan fingerprint density at radius 1 is 0.569 bits per heavy atom. The third-order valence-corrected chi connectivity index (χ3v) is 9.53. The summed E-state index contributed by atoms with van der Waals surface area (Å²) >= 11 is 0. The Morgan fingerprint density at radius 2 is 1.04 bits per heavy atom. The van der Waals surface area contributed by atoms with Crippen LogP contribution in [0.4, 0.5) is 0 Å². The third kappa shape index (κ3) is 8.94. The molecular formula is C36H32N2O11S2. The van der Waals surface area contributed by atoms with Crippen LogP contribution in [0, 0.1) is 0 Å². The lowest BCUT2D eigenvalue weighted by atomic mass is 10.2. The van der Waals surface area contributed by atoms with Crippen LogP contribution < -0.4 is 24.1 Å². The molecule has 0 saturated heterocycles. The van der Waals surface area contributed by atoms with Crippen LogP contribution in [0.2, 0.25) is 0 Å². The minimum Gasteiger partial charge on any atom is -0.490 e. The fraction of sp³-hybridized carbons (Fsp3) is 0.167. The number of ether oxygens (including phenoxy) is 4. The van der Waals surface area contributed by atoms with Crippen LogP contribution >= 0.6 is 0 Å². The zero-order valence-electron chi connectivity index (χ0n) is 27.0. The number of hydrogen-bond donors (Lipinski definition) is 1. The minimum absolute atomic E-state index is 0.0340. The number of sulfonamides is 2. The van der Waals surface area contributed by atoms with Crippen molar-refractivity contribution < 1.29 is 49.4 Å². The first-order chi connectivity index (χ1) is 24.6. The standard InChI is InChI=1S/C18H15NO5S.C9H11NO4S.C9H6O2/c20-25(21,15-6-7-17-18(11-15)23-9-3-8-22-17)19-12-14-10-13-4-1-2-5-16(13)24-14;10-15(11,12)7-2-3-8-9(6-7)14-5-1-4-13-8;10-6-8-5-7-3-1-2-4-9(7)11-8/h1-2,4-7,10-12H,3,8-9H2;2-3,6H,1,4-5H2,(H2,10,11,12);1-6H. The van der Waals surface area contributed by atoms with Gasteiger partial charge in [-0.3, -0.25) is 4.79 Å². The van der Waals surface area contributed by atoms with Crippen molar-refractivity contribution in [3.05, 3.63) is 109 Å². The molecule has 8 rings (SSSR count). The number of hydrogen-bond acceptors (Lipinski definition) is 11. The zero-order chi connectivity index (χ0) is 35.8. The summed E-state index contributed by atoms with van der Waals surface area (Å²) in [5.74, 6) is 2.69. The molecule has 0 spiro atoms. The van der Waals surface area contributed by atoms with E-state index in [1.165, 1.54) is 30.5 Å². The summed E-state index contributed by atoms with van der Waals surface area (Å²) in [5, 5.41) is 6.86. The number of nitrogens with zero attached hydrogens (tertiary/aromatic N) is 1. The molecule has 2 aliphatic rings. The highest BCUT2D eigenvalue weighted by Crippen LogP contribution is 2.33. The molecule has 0 saturated carbocycles. The van der Waals surface area contributed by atoms with Gasteiger partial charge < -0.3 is 27.8 Å². The Hall–Kier alpha value is -5.64. The summed E-state index contributed by atoms with van der Waals surface area (Å²) in [6, 6.07) is 27.2. The molecule has 0 aliphatic carbocycles. The number of nitrogens with two attached hydrogens (primary N) is 1. The number of aldehydes is 1. The van der Waals surface area contributed by atoms with Gasteiger partial charge in [-0.1, -0.05) is 36.4 Å². The lowest BCUT2D eigenvalue weighted by molar-refractivity contribution is 0.110. The number of para-hydroxylation sites is 2. The van der Waals surface area contributed by atoms with Crippen LogP contribution in [0.5, 0.6) is 23.0 Å². The summed E-state index contributed by atoms with van der Waals surface area (Å²) in [6.07, 6.45) is 3.44. The Balaban J connectivity index is 0.000000146. The fourth-order valence-corrected chi connectivity index (χ4v) is 6.32. The molecular weight excluding hydrogens is 701 g/mol.